The van der Waals surface area contributed by atoms with Crippen LogP contribution < -0.4 is 15.4 Å². The van der Waals surface area contributed by atoms with Crippen molar-refractivity contribution in [3.8, 4) is 5.75 Å². The molecule has 6 heteroatoms. The number of carbonyl (C=O) groups is 1. The lowest BCUT2D eigenvalue weighted by molar-refractivity contribution is -0.116. The van der Waals surface area contributed by atoms with E-state index in [0.29, 0.717) is 10.6 Å². The zero-order valence-electron chi connectivity index (χ0n) is 12.4. The van der Waals surface area contributed by atoms with Crippen LogP contribution in [0.4, 0.5) is 10.1 Å². The van der Waals surface area contributed by atoms with Gasteiger partial charge in [0.2, 0.25) is 0 Å². The molecule has 0 bridgehead atoms. The molecule has 1 unspecified atom stereocenters. The van der Waals surface area contributed by atoms with E-state index in [1.165, 1.54) is 17.8 Å². The van der Waals surface area contributed by atoms with Crippen LogP contribution in [0.3, 0.4) is 0 Å². The van der Waals surface area contributed by atoms with Crippen LogP contribution in [-0.4, -0.2) is 18.5 Å². The third kappa shape index (κ3) is 3.65. The van der Waals surface area contributed by atoms with Gasteiger partial charge in [-0.1, -0.05) is 36.0 Å². The van der Waals surface area contributed by atoms with E-state index in [1.807, 2.05) is 24.3 Å². The molecule has 1 amide bonds. The van der Waals surface area contributed by atoms with Crippen molar-refractivity contribution in [2.45, 2.75) is 5.50 Å². The topological polar surface area (TPSA) is 50.4 Å². The van der Waals surface area contributed by atoms with Gasteiger partial charge in [0.15, 0.2) is 5.50 Å². The number of thioether (sulfide) groups is 1. The Bertz CT molecular complexity index is 747. The van der Waals surface area contributed by atoms with E-state index in [0.717, 1.165) is 11.3 Å². The summed E-state index contributed by atoms with van der Waals surface area (Å²) in [6.07, 6.45) is 1.79. The summed E-state index contributed by atoms with van der Waals surface area (Å²) in [5.74, 6) is 0.226. The molecule has 0 aliphatic carbocycles. The Hall–Kier alpha value is -2.47. The Kier molecular flexibility index (Phi) is 4.52. The second-order valence-electron chi connectivity index (χ2n) is 4.88. The Morgan fingerprint density at radius 2 is 1.96 bits per heavy atom. The molecular weight excluding hydrogens is 315 g/mol. The molecule has 4 nitrogen and oxygen atoms in total. The number of nitrogens with one attached hydrogen (secondary N) is 2. The highest BCUT2D eigenvalue weighted by atomic mass is 32.2. The van der Waals surface area contributed by atoms with Crippen molar-refractivity contribution in [1.29, 1.82) is 0 Å². The summed E-state index contributed by atoms with van der Waals surface area (Å²) in [5.41, 5.74) is 0.856. The minimum absolute atomic E-state index is 0.181. The lowest BCUT2D eigenvalue weighted by Gasteiger charge is -2.12. The monoisotopic (exact) mass is 330 g/mol. The molecule has 1 heterocycles. The smallest absolute Gasteiger partial charge is 0.260 e. The number of methoxy groups -OCH3 is 1. The molecular formula is C17H15FN2O2S. The van der Waals surface area contributed by atoms with Crippen LogP contribution in [0.15, 0.2) is 53.4 Å². The van der Waals surface area contributed by atoms with Crippen LogP contribution in [-0.2, 0) is 4.79 Å². The van der Waals surface area contributed by atoms with Crippen LogP contribution in [0.1, 0.15) is 5.56 Å². The molecule has 0 spiro atoms. The van der Waals surface area contributed by atoms with E-state index in [4.69, 9.17) is 4.74 Å². The average Bonchev–Trinajstić information content (AvgIpc) is 2.90. The number of rotatable bonds is 4. The Labute approximate surface area is 137 Å². The van der Waals surface area contributed by atoms with Crippen LogP contribution in [0, 0.1) is 5.82 Å². The third-order valence-corrected chi connectivity index (χ3v) is 4.33. The summed E-state index contributed by atoms with van der Waals surface area (Å²) < 4.78 is 18.7. The number of ether oxygens (including phenoxy) is 1. The SMILES string of the molecule is COc1ccc(/C=C2\SC(Nc3ccccc3F)NC2=O)cc1. The van der Waals surface area contributed by atoms with E-state index in [2.05, 4.69) is 10.6 Å². The summed E-state index contributed by atoms with van der Waals surface area (Å²) in [7, 11) is 1.60. The van der Waals surface area contributed by atoms with Gasteiger partial charge in [-0.3, -0.25) is 4.79 Å². The van der Waals surface area contributed by atoms with Gasteiger partial charge in [0.1, 0.15) is 11.6 Å². The molecule has 2 N–H and O–H groups in total. The Balaban J connectivity index is 1.71. The van der Waals surface area contributed by atoms with Crippen molar-refractivity contribution in [3.05, 3.63) is 64.8 Å². The highest BCUT2D eigenvalue weighted by Gasteiger charge is 2.27. The van der Waals surface area contributed by atoms with Gasteiger partial charge in [0.05, 0.1) is 17.7 Å². The van der Waals surface area contributed by atoms with Gasteiger partial charge in [0.25, 0.3) is 5.91 Å². The number of hydrogen-bond donors (Lipinski definition) is 2. The van der Waals surface area contributed by atoms with E-state index in [-0.39, 0.29) is 11.7 Å². The number of para-hydroxylation sites is 1. The summed E-state index contributed by atoms with van der Waals surface area (Å²) in [6, 6.07) is 13.8. The molecule has 0 saturated carbocycles. The van der Waals surface area contributed by atoms with Crippen molar-refractivity contribution < 1.29 is 13.9 Å². The molecule has 2 aromatic carbocycles. The molecule has 1 aliphatic rings. The maximum Gasteiger partial charge on any atom is 0.260 e. The van der Waals surface area contributed by atoms with E-state index in [9.17, 15) is 9.18 Å². The van der Waals surface area contributed by atoms with Crippen molar-refractivity contribution in [3.63, 3.8) is 0 Å². The first-order valence-electron chi connectivity index (χ1n) is 7.00. The zero-order chi connectivity index (χ0) is 16.2. The normalized spacial score (nSPS) is 18.8. The zero-order valence-corrected chi connectivity index (χ0v) is 13.2. The van der Waals surface area contributed by atoms with Gasteiger partial charge in [-0.2, -0.15) is 0 Å². The molecule has 0 aromatic heterocycles. The van der Waals surface area contributed by atoms with Crippen LogP contribution in [0.2, 0.25) is 0 Å². The highest BCUT2D eigenvalue weighted by Crippen LogP contribution is 2.30. The molecule has 118 valence electrons. The summed E-state index contributed by atoms with van der Waals surface area (Å²) >= 11 is 1.32. The molecule has 3 rings (SSSR count). The summed E-state index contributed by atoms with van der Waals surface area (Å²) in [6.45, 7) is 0. The van der Waals surface area contributed by atoms with Crippen LogP contribution in [0.25, 0.3) is 6.08 Å². The Morgan fingerprint density at radius 1 is 1.22 bits per heavy atom. The number of amides is 1. The van der Waals surface area contributed by atoms with Crippen LogP contribution >= 0.6 is 11.8 Å². The maximum absolute atomic E-state index is 13.6. The minimum Gasteiger partial charge on any atom is -0.497 e. The van der Waals surface area contributed by atoms with E-state index < -0.39 is 5.50 Å². The number of hydrogen-bond acceptors (Lipinski definition) is 4. The molecule has 1 saturated heterocycles. The fourth-order valence-electron chi connectivity index (χ4n) is 2.14. The summed E-state index contributed by atoms with van der Waals surface area (Å²) in [5, 5.41) is 5.74. The van der Waals surface area contributed by atoms with Gasteiger partial charge in [-0.05, 0) is 35.9 Å². The molecule has 2 aromatic rings. The first-order valence-corrected chi connectivity index (χ1v) is 7.88. The summed E-state index contributed by atoms with van der Waals surface area (Å²) in [4.78, 5) is 12.6. The predicted molar refractivity (Wildman–Crippen MR) is 90.5 cm³/mol. The van der Waals surface area contributed by atoms with Crippen molar-refractivity contribution in [2.24, 2.45) is 0 Å². The molecule has 1 atom stereocenters. The standard InChI is InChI=1S/C17H15FN2O2S/c1-22-12-8-6-11(7-9-12)10-15-16(21)20-17(23-15)19-14-5-3-2-4-13(14)18/h2-10,17,19H,1H3,(H,20,21)/b15-10-. The van der Waals surface area contributed by atoms with Crippen molar-refractivity contribution in [2.75, 3.05) is 12.4 Å². The number of anilines is 1. The molecule has 0 radical (unpaired) electrons. The van der Waals surface area contributed by atoms with Crippen LogP contribution in [0.5, 0.6) is 5.75 Å². The second-order valence-corrected chi connectivity index (χ2v) is 6.02. The fourth-order valence-corrected chi connectivity index (χ4v) is 3.11. The predicted octanol–water partition coefficient (Wildman–Crippen LogP) is 3.43. The van der Waals surface area contributed by atoms with Gasteiger partial charge in [-0.15, -0.1) is 0 Å². The number of halogens is 1. The third-order valence-electron chi connectivity index (χ3n) is 3.30. The first-order chi connectivity index (χ1) is 11.2. The maximum atomic E-state index is 13.6. The van der Waals surface area contributed by atoms with Gasteiger partial charge in [-0.25, -0.2) is 4.39 Å². The van der Waals surface area contributed by atoms with E-state index >= 15 is 0 Å². The molecule has 23 heavy (non-hydrogen) atoms. The lowest BCUT2D eigenvalue weighted by Crippen LogP contribution is -2.31. The Morgan fingerprint density at radius 3 is 2.65 bits per heavy atom. The number of carbonyl (C=O) groups excluding carboxylic acids is 1. The molecule has 1 fully saturated rings. The van der Waals surface area contributed by atoms with E-state index in [1.54, 1.807) is 31.4 Å². The second kappa shape index (κ2) is 6.75. The van der Waals surface area contributed by atoms with Crippen molar-refractivity contribution >= 4 is 29.4 Å². The highest BCUT2D eigenvalue weighted by molar-refractivity contribution is 8.05. The fraction of sp³-hybridized carbons (Fsp3) is 0.118. The van der Waals surface area contributed by atoms with Crippen molar-refractivity contribution in [1.82, 2.24) is 5.32 Å². The average molecular weight is 330 g/mol. The molecule has 1 aliphatic heterocycles. The van der Waals surface area contributed by atoms with Gasteiger partial charge in [0, 0.05) is 0 Å². The quantitative estimate of drug-likeness (QED) is 0.843. The van der Waals surface area contributed by atoms with Gasteiger partial charge >= 0.3 is 0 Å². The van der Waals surface area contributed by atoms with Gasteiger partial charge < -0.3 is 15.4 Å². The lowest BCUT2D eigenvalue weighted by atomic mass is 10.2. The number of benzene rings is 2. The first kappa shape index (κ1) is 15.4. The minimum atomic E-state index is -0.399. The largest absolute Gasteiger partial charge is 0.497 e.